The van der Waals surface area contributed by atoms with Gasteiger partial charge in [-0.1, -0.05) is 43.0 Å². The summed E-state index contributed by atoms with van der Waals surface area (Å²) in [6.07, 6.45) is 7.04. The standard InChI is InChI=1S/C24H24ClN3O4/c1-31-22(29)15-32-21-12-11-16(13-19(21)25)14-26-28-23(17-7-3-2-4-8-17)27-20-10-6-5-9-18(20)24(28)30/h5-6,9-14,17H,2-4,7-8,15H2,1H3. The van der Waals surface area contributed by atoms with E-state index in [0.717, 1.165) is 25.7 Å². The number of halogens is 1. The monoisotopic (exact) mass is 453 g/mol. The number of ether oxygens (including phenoxy) is 2. The molecule has 4 rings (SSSR count). The lowest BCUT2D eigenvalue weighted by Gasteiger charge is -2.22. The van der Waals surface area contributed by atoms with E-state index in [1.54, 1.807) is 30.5 Å². The summed E-state index contributed by atoms with van der Waals surface area (Å²) in [5, 5.41) is 5.37. The van der Waals surface area contributed by atoms with Crippen LogP contribution in [-0.2, 0) is 9.53 Å². The highest BCUT2D eigenvalue weighted by atomic mass is 35.5. The zero-order valence-corrected chi connectivity index (χ0v) is 18.5. The number of carbonyl (C=O) groups is 1. The van der Waals surface area contributed by atoms with Crippen molar-refractivity contribution in [3.8, 4) is 5.75 Å². The van der Waals surface area contributed by atoms with Gasteiger partial charge in [-0.15, -0.1) is 0 Å². The smallest absolute Gasteiger partial charge is 0.343 e. The van der Waals surface area contributed by atoms with Crippen LogP contribution in [0.4, 0.5) is 0 Å². The van der Waals surface area contributed by atoms with Crippen molar-refractivity contribution in [2.45, 2.75) is 38.0 Å². The lowest BCUT2D eigenvalue weighted by atomic mass is 9.88. The normalized spacial score (nSPS) is 14.7. The van der Waals surface area contributed by atoms with Gasteiger partial charge >= 0.3 is 5.97 Å². The van der Waals surface area contributed by atoms with Gasteiger partial charge in [0.25, 0.3) is 5.56 Å². The Morgan fingerprint density at radius 2 is 2.00 bits per heavy atom. The van der Waals surface area contributed by atoms with Crippen LogP contribution >= 0.6 is 11.6 Å². The van der Waals surface area contributed by atoms with Crippen LogP contribution in [0.25, 0.3) is 10.9 Å². The summed E-state index contributed by atoms with van der Waals surface area (Å²) < 4.78 is 11.3. The molecule has 32 heavy (non-hydrogen) atoms. The molecule has 3 aromatic rings. The van der Waals surface area contributed by atoms with E-state index in [-0.39, 0.29) is 18.1 Å². The predicted octanol–water partition coefficient (Wildman–Crippen LogP) is 4.53. The van der Waals surface area contributed by atoms with E-state index in [2.05, 4.69) is 9.84 Å². The molecular formula is C24H24ClN3O4. The molecule has 8 heteroatoms. The van der Waals surface area contributed by atoms with Crippen molar-refractivity contribution in [2.75, 3.05) is 13.7 Å². The topological polar surface area (TPSA) is 82.8 Å². The van der Waals surface area contributed by atoms with Gasteiger partial charge in [0.1, 0.15) is 11.6 Å². The molecule has 0 atom stereocenters. The van der Waals surface area contributed by atoms with Gasteiger partial charge in [-0.25, -0.2) is 9.78 Å². The highest BCUT2D eigenvalue weighted by Crippen LogP contribution is 2.32. The maximum Gasteiger partial charge on any atom is 0.343 e. The highest BCUT2D eigenvalue weighted by molar-refractivity contribution is 6.32. The molecule has 1 saturated carbocycles. The number of rotatable bonds is 6. The van der Waals surface area contributed by atoms with E-state index in [0.29, 0.717) is 33.1 Å². The summed E-state index contributed by atoms with van der Waals surface area (Å²) in [7, 11) is 1.29. The van der Waals surface area contributed by atoms with Crippen LogP contribution in [0.3, 0.4) is 0 Å². The molecule has 0 unspecified atom stereocenters. The second-order valence-corrected chi connectivity index (χ2v) is 8.15. The number of nitrogens with zero attached hydrogens (tertiary/aromatic N) is 3. The number of methoxy groups -OCH3 is 1. The molecule has 1 aromatic heterocycles. The van der Waals surface area contributed by atoms with Gasteiger partial charge in [0, 0.05) is 5.92 Å². The number of hydrogen-bond acceptors (Lipinski definition) is 6. The Hall–Kier alpha value is -3.19. The first-order chi connectivity index (χ1) is 15.6. The minimum atomic E-state index is -0.495. The number of hydrogen-bond donors (Lipinski definition) is 0. The van der Waals surface area contributed by atoms with Crippen molar-refractivity contribution < 1.29 is 14.3 Å². The van der Waals surface area contributed by atoms with Crippen LogP contribution in [0.1, 0.15) is 49.4 Å². The second kappa shape index (κ2) is 9.96. The van der Waals surface area contributed by atoms with Crippen molar-refractivity contribution >= 4 is 34.7 Å². The minimum Gasteiger partial charge on any atom is -0.480 e. The molecule has 0 amide bonds. The first-order valence-corrected chi connectivity index (χ1v) is 11.0. The molecule has 1 fully saturated rings. The van der Waals surface area contributed by atoms with Crippen LogP contribution in [0.2, 0.25) is 5.02 Å². The summed E-state index contributed by atoms with van der Waals surface area (Å²) in [5.74, 6) is 0.774. The fourth-order valence-electron chi connectivity index (χ4n) is 3.91. The average Bonchev–Trinajstić information content (AvgIpc) is 2.83. The van der Waals surface area contributed by atoms with Crippen LogP contribution in [0, 0.1) is 0 Å². The minimum absolute atomic E-state index is 0.184. The molecule has 0 spiro atoms. The molecule has 0 radical (unpaired) electrons. The number of fused-ring (bicyclic) bond motifs is 1. The fourth-order valence-corrected chi connectivity index (χ4v) is 4.16. The lowest BCUT2D eigenvalue weighted by molar-refractivity contribution is -0.142. The summed E-state index contributed by atoms with van der Waals surface area (Å²) in [6, 6.07) is 12.4. The molecule has 0 aliphatic heterocycles. The Morgan fingerprint density at radius 1 is 1.22 bits per heavy atom. The van der Waals surface area contributed by atoms with Gasteiger partial charge in [-0.2, -0.15) is 9.78 Å². The zero-order valence-electron chi connectivity index (χ0n) is 17.8. The lowest BCUT2D eigenvalue weighted by Crippen LogP contribution is -2.25. The van der Waals surface area contributed by atoms with Crippen molar-refractivity contribution in [1.29, 1.82) is 0 Å². The third-order valence-electron chi connectivity index (χ3n) is 5.60. The molecule has 7 nitrogen and oxygen atoms in total. The van der Waals surface area contributed by atoms with Gasteiger partial charge in [-0.3, -0.25) is 4.79 Å². The molecule has 1 aliphatic carbocycles. The molecule has 0 saturated heterocycles. The van der Waals surface area contributed by atoms with E-state index >= 15 is 0 Å². The van der Waals surface area contributed by atoms with Gasteiger partial charge in [0.2, 0.25) is 0 Å². The van der Waals surface area contributed by atoms with Crippen LogP contribution in [0.5, 0.6) is 5.75 Å². The summed E-state index contributed by atoms with van der Waals surface area (Å²) >= 11 is 6.28. The number of esters is 1. The van der Waals surface area contributed by atoms with Gasteiger partial charge in [0.05, 0.1) is 29.2 Å². The second-order valence-electron chi connectivity index (χ2n) is 7.74. The summed E-state index contributed by atoms with van der Waals surface area (Å²) in [4.78, 5) is 29.3. The van der Waals surface area contributed by atoms with Crippen molar-refractivity contribution in [2.24, 2.45) is 5.10 Å². The van der Waals surface area contributed by atoms with Gasteiger partial charge in [0.15, 0.2) is 6.61 Å². The maximum absolute atomic E-state index is 13.2. The molecular weight excluding hydrogens is 430 g/mol. The Morgan fingerprint density at radius 3 is 2.75 bits per heavy atom. The first-order valence-electron chi connectivity index (χ1n) is 10.6. The SMILES string of the molecule is COC(=O)COc1ccc(C=Nn2c(C3CCCCC3)nc3ccccc3c2=O)cc1Cl. The third-order valence-corrected chi connectivity index (χ3v) is 5.90. The van der Waals surface area contributed by atoms with Crippen LogP contribution in [-0.4, -0.2) is 35.6 Å². The Labute approximate surface area is 190 Å². The van der Waals surface area contributed by atoms with E-state index in [1.807, 2.05) is 18.2 Å². The molecule has 1 aliphatic rings. The molecule has 2 aromatic carbocycles. The predicted molar refractivity (Wildman–Crippen MR) is 124 cm³/mol. The van der Waals surface area contributed by atoms with E-state index in [4.69, 9.17) is 21.3 Å². The Kier molecular flexibility index (Phi) is 6.85. The molecule has 1 heterocycles. The van der Waals surface area contributed by atoms with Crippen molar-refractivity contribution in [3.63, 3.8) is 0 Å². The molecule has 166 valence electrons. The fraction of sp³-hybridized carbons (Fsp3) is 0.333. The first kappa shape index (κ1) is 22.0. The highest BCUT2D eigenvalue weighted by Gasteiger charge is 2.22. The number of benzene rings is 2. The third kappa shape index (κ3) is 4.83. The number of para-hydroxylation sites is 1. The van der Waals surface area contributed by atoms with E-state index in [1.165, 1.54) is 18.2 Å². The largest absolute Gasteiger partial charge is 0.480 e. The molecule has 0 N–H and O–H groups in total. The van der Waals surface area contributed by atoms with Gasteiger partial charge < -0.3 is 9.47 Å². The van der Waals surface area contributed by atoms with Crippen LogP contribution in [0.15, 0.2) is 52.4 Å². The Balaban J connectivity index is 1.67. The average molecular weight is 454 g/mol. The summed E-state index contributed by atoms with van der Waals surface area (Å²) in [5.41, 5.74) is 1.20. The number of aromatic nitrogens is 2. The molecule has 0 bridgehead atoms. The number of carbonyl (C=O) groups excluding carboxylic acids is 1. The van der Waals surface area contributed by atoms with Crippen molar-refractivity contribution in [1.82, 2.24) is 9.66 Å². The quantitative estimate of drug-likeness (QED) is 0.404. The Bertz CT molecular complexity index is 1220. The van der Waals surface area contributed by atoms with E-state index < -0.39 is 5.97 Å². The van der Waals surface area contributed by atoms with Crippen LogP contribution < -0.4 is 10.3 Å². The summed E-state index contributed by atoms with van der Waals surface area (Å²) in [6.45, 7) is -0.230. The van der Waals surface area contributed by atoms with Gasteiger partial charge in [-0.05, 0) is 48.7 Å². The maximum atomic E-state index is 13.2. The zero-order chi connectivity index (χ0) is 22.5. The van der Waals surface area contributed by atoms with E-state index in [9.17, 15) is 9.59 Å². The van der Waals surface area contributed by atoms with Crippen molar-refractivity contribution in [3.05, 3.63) is 69.2 Å².